The SMILES string of the molecule is C[C@]12CCC(NOCCN)=CC1C(CCO)C[C@@H]1[C@H]2CC[C@]2(C)C(=O)CC[C@@H]12. The molecule has 3 saturated carbocycles. The first-order valence-corrected chi connectivity index (χ1v) is 11.4. The van der Waals surface area contributed by atoms with Crippen LogP contribution in [0.2, 0.25) is 0 Å². The molecule has 7 atom stereocenters. The summed E-state index contributed by atoms with van der Waals surface area (Å²) in [5.74, 6) is 3.35. The Hall–Kier alpha value is -0.910. The molecule has 0 saturated heterocycles. The average Bonchev–Trinajstić information content (AvgIpc) is 2.98. The number of nitrogens with one attached hydrogen (secondary N) is 1. The van der Waals surface area contributed by atoms with Crippen LogP contribution in [0.1, 0.15) is 65.2 Å². The number of carbonyl (C=O) groups excluding carboxylic acids is 1. The van der Waals surface area contributed by atoms with Gasteiger partial charge in [0, 0.05) is 30.7 Å². The molecular formula is C23H38N2O3. The molecule has 4 aliphatic carbocycles. The van der Waals surface area contributed by atoms with Crippen LogP contribution in [0.25, 0.3) is 0 Å². The molecule has 28 heavy (non-hydrogen) atoms. The normalized spacial score (nSPS) is 45.1. The van der Waals surface area contributed by atoms with Gasteiger partial charge in [-0.1, -0.05) is 19.9 Å². The van der Waals surface area contributed by atoms with E-state index >= 15 is 0 Å². The number of aliphatic hydroxyl groups excluding tert-OH is 1. The van der Waals surface area contributed by atoms with Gasteiger partial charge in [0.25, 0.3) is 0 Å². The van der Waals surface area contributed by atoms with Crippen molar-refractivity contribution in [2.24, 2.45) is 46.2 Å². The molecule has 4 aliphatic rings. The molecule has 5 nitrogen and oxygen atoms in total. The van der Waals surface area contributed by atoms with Gasteiger partial charge in [-0.15, -0.1) is 0 Å². The zero-order valence-corrected chi connectivity index (χ0v) is 17.6. The third-order valence-corrected chi connectivity index (χ3v) is 9.07. The number of rotatable bonds is 6. The van der Waals surface area contributed by atoms with Crippen LogP contribution in [0.15, 0.2) is 11.8 Å². The van der Waals surface area contributed by atoms with Gasteiger partial charge in [-0.2, -0.15) is 0 Å². The van der Waals surface area contributed by atoms with Gasteiger partial charge < -0.3 is 10.8 Å². The van der Waals surface area contributed by atoms with Crippen LogP contribution in [0, 0.1) is 40.4 Å². The van der Waals surface area contributed by atoms with Crippen molar-refractivity contribution in [2.75, 3.05) is 19.8 Å². The van der Waals surface area contributed by atoms with Gasteiger partial charge in [0.05, 0.1) is 6.61 Å². The summed E-state index contributed by atoms with van der Waals surface area (Å²) < 4.78 is 0. The zero-order chi connectivity index (χ0) is 19.9. The molecule has 3 fully saturated rings. The van der Waals surface area contributed by atoms with E-state index in [1.54, 1.807) is 0 Å². The third-order valence-electron chi connectivity index (χ3n) is 9.07. The van der Waals surface area contributed by atoms with Crippen molar-refractivity contribution in [3.63, 3.8) is 0 Å². The molecule has 0 aromatic carbocycles. The smallest absolute Gasteiger partial charge is 0.139 e. The van der Waals surface area contributed by atoms with E-state index in [0.717, 1.165) is 44.9 Å². The first-order valence-electron chi connectivity index (χ1n) is 11.4. The summed E-state index contributed by atoms with van der Waals surface area (Å²) in [6.07, 6.45) is 10.7. The molecule has 0 aromatic rings. The van der Waals surface area contributed by atoms with E-state index in [1.165, 1.54) is 12.1 Å². The van der Waals surface area contributed by atoms with E-state index in [-0.39, 0.29) is 17.4 Å². The second kappa shape index (κ2) is 7.73. The van der Waals surface area contributed by atoms with Gasteiger partial charge >= 0.3 is 0 Å². The van der Waals surface area contributed by atoms with Crippen molar-refractivity contribution < 1.29 is 14.7 Å². The molecule has 0 bridgehead atoms. The number of allylic oxidation sites excluding steroid dienone is 2. The minimum Gasteiger partial charge on any atom is -0.396 e. The van der Waals surface area contributed by atoms with Crippen LogP contribution in [0.3, 0.4) is 0 Å². The summed E-state index contributed by atoms with van der Waals surface area (Å²) >= 11 is 0. The lowest BCUT2D eigenvalue weighted by molar-refractivity contribution is -0.140. The standard InChI is InChI=1S/C23H38N2O3/c1-22-8-5-16(25-28-12-10-24)14-20(22)15(7-11-26)13-17-18-3-4-21(27)23(18,2)9-6-19(17)22/h14-15,17-20,25-26H,3-13,24H2,1-2H3/t15?,17-,18-,19+,20?,22+,23-/m0/s1. The van der Waals surface area contributed by atoms with E-state index in [1.807, 2.05) is 0 Å². The highest BCUT2D eigenvalue weighted by atomic mass is 16.6. The molecule has 4 rings (SSSR count). The summed E-state index contributed by atoms with van der Waals surface area (Å²) in [7, 11) is 0. The Balaban J connectivity index is 1.61. The second-order valence-corrected chi connectivity index (χ2v) is 10.3. The van der Waals surface area contributed by atoms with Crippen molar-refractivity contribution in [3.05, 3.63) is 11.8 Å². The van der Waals surface area contributed by atoms with Crippen molar-refractivity contribution >= 4 is 5.78 Å². The van der Waals surface area contributed by atoms with Gasteiger partial charge in [-0.3, -0.25) is 15.1 Å². The summed E-state index contributed by atoms with van der Waals surface area (Å²) in [5.41, 5.74) is 10.0. The van der Waals surface area contributed by atoms with Gasteiger partial charge in [0.15, 0.2) is 0 Å². The number of hydrogen-bond acceptors (Lipinski definition) is 5. The molecule has 0 heterocycles. The molecule has 2 unspecified atom stereocenters. The molecule has 0 aliphatic heterocycles. The quantitative estimate of drug-likeness (QED) is 0.479. The monoisotopic (exact) mass is 390 g/mol. The first-order chi connectivity index (χ1) is 13.4. The fourth-order valence-electron chi connectivity index (χ4n) is 7.62. The number of nitrogens with two attached hydrogens (primary N) is 1. The Morgan fingerprint density at radius 3 is 2.82 bits per heavy atom. The van der Waals surface area contributed by atoms with E-state index in [2.05, 4.69) is 25.4 Å². The largest absolute Gasteiger partial charge is 0.396 e. The summed E-state index contributed by atoms with van der Waals surface area (Å²) in [4.78, 5) is 18.2. The van der Waals surface area contributed by atoms with Crippen LogP contribution in [-0.2, 0) is 9.63 Å². The van der Waals surface area contributed by atoms with Crippen LogP contribution < -0.4 is 11.2 Å². The number of aliphatic hydroxyl groups is 1. The summed E-state index contributed by atoms with van der Waals surface area (Å²) in [6, 6.07) is 0. The summed E-state index contributed by atoms with van der Waals surface area (Å²) in [5, 5.41) is 9.78. The zero-order valence-electron chi connectivity index (χ0n) is 17.6. The molecule has 0 amide bonds. The fourth-order valence-corrected chi connectivity index (χ4v) is 7.62. The Morgan fingerprint density at radius 1 is 1.25 bits per heavy atom. The lowest BCUT2D eigenvalue weighted by atomic mass is 9.43. The van der Waals surface area contributed by atoms with Crippen molar-refractivity contribution in [2.45, 2.75) is 65.2 Å². The van der Waals surface area contributed by atoms with Gasteiger partial charge in [-0.05, 0) is 80.0 Å². The fraction of sp³-hybridized carbons (Fsp3) is 0.870. The second-order valence-electron chi connectivity index (χ2n) is 10.3. The molecule has 0 spiro atoms. The third kappa shape index (κ3) is 3.14. The summed E-state index contributed by atoms with van der Waals surface area (Å²) in [6.45, 7) is 6.01. The molecule has 4 N–H and O–H groups in total. The topological polar surface area (TPSA) is 84.6 Å². The van der Waals surface area contributed by atoms with Crippen LogP contribution in [0.5, 0.6) is 0 Å². The average molecular weight is 391 g/mol. The lowest BCUT2D eigenvalue weighted by Gasteiger charge is -2.61. The van der Waals surface area contributed by atoms with E-state index in [0.29, 0.717) is 48.5 Å². The maximum absolute atomic E-state index is 12.7. The highest BCUT2D eigenvalue weighted by Crippen LogP contribution is 2.66. The van der Waals surface area contributed by atoms with Crippen LogP contribution >= 0.6 is 0 Å². The molecule has 0 aromatic heterocycles. The minimum atomic E-state index is -0.0819. The Morgan fingerprint density at radius 2 is 2.07 bits per heavy atom. The van der Waals surface area contributed by atoms with Gasteiger partial charge in [-0.25, -0.2) is 0 Å². The number of fused-ring (bicyclic) bond motifs is 5. The van der Waals surface area contributed by atoms with Crippen molar-refractivity contribution in [1.29, 1.82) is 0 Å². The van der Waals surface area contributed by atoms with Gasteiger partial charge in [0.2, 0.25) is 0 Å². The maximum Gasteiger partial charge on any atom is 0.139 e. The predicted molar refractivity (Wildman–Crippen MR) is 109 cm³/mol. The highest BCUT2D eigenvalue weighted by Gasteiger charge is 2.61. The minimum absolute atomic E-state index is 0.0819. The first kappa shape index (κ1) is 20.4. The van der Waals surface area contributed by atoms with E-state index in [9.17, 15) is 9.90 Å². The van der Waals surface area contributed by atoms with Crippen molar-refractivity contribution in [3.8, 4) is 0 Å². The lowest BCUT2D eigenvalue weighted by Crippen LogP contribution is -2.55. The number of hydroxylamine groups is 1. The number of carbonyl (C=O) groups is 1. The van der Waals surface area contributed by atoms with Crippen LogP contribution in [-0.4, -0.2) is 30.6 Å². The molecule has 5 heteroatoms. The number of hydrogen-bond donors (Lipinski definition) is 3. The van der Waals surface area contributed by atoms with Gasteiger partial charge in [0.1, 0.15) is 5.78 Å². The predicted octanol–water partition coefficient (Wildman–Crippen LogP) is 3.18. The molecular weight excluding hydrogens is 352 g/mol. The number of ketones is 1. The Kier molecular flexibility index (Phi) is 5.62. The highest BCUT2D eigenvalue weighted by molar-refractivity contribution is 5.87. The Labute approximate surface area is 169 Å². The Bertz CT molecular complexity index is 635. The molecule has 158 valence electrons. The van der Waals surface area contributed by atoms with E-state index < -0.39 is 0 Å². The van der Waals surface area contributed by atoms with Crippen LogP contribution in [0.4, 0.5) is 0 Å². The molecule has 0 radical (unpaired) electrons. The van der Waals surface area contributed by atoms with E-state index in [4.69, 9.17) is 10.6 Å². The van der Waals surface area contributed by atoms with Crippen molar-refractivity contribution in [1.82, 2.24) is 5.48 Å². The maximum atomic E-state index is 12.7. The number of Topliss-reactive ketones (excluding diaryl/α,β-unsaturated/α-hetero) is 1.